The number of hydrogen-bond acceptors (Lipinski definition) is 2. The number of benzene rings is 1. The topological polar surface area (TPSA) is 35.6 Å². The summed E-state index contributed by atoms with van der Waals surface area (Å²) in [6, 6.07) is 6.59. The number of amides is 2. The van der Waals surface area contributed by atoms with Crippen LogP contribution in [0.5, 0.6) is 0 Å². The van der Waals surface area contributed by atoms with Crippen LogP contribution >= 0.6 is 0 Å². The van der Waals surface area contributed by atoms with Crippen molar-refractivity contribution in [2.75, 3.05) is 37.6 Å². The number of carbonyl (C=O) groups excluding carboxylic acids is 1. The van der Waals surface area contributed by atoms with Crippen molar-refractivity contribution in [1.29, 1.82) is 0 Å². The predicted octanol–water partition coefficient (Wildman–Crippen LogP) is 2.31. The van der Waals surface area contributed by atoms with Crippen molar-refractivity contribution in [2.45, 2.75) is 13.8 Å². The normalized spacial score (nSPS) is 15.6. The number of rotatable bonds is 3. The molecule has 1 saturated heterocycles. The monoisotopic (exact) mass is 279 g/mol. The van der Waals surface area contributed by atoms with Crippen LogP contribution in [0.25, 0.3) is 0 Å². The lowest BCUT2D eigenvalue weighted by atomic mass is 10.2. The van der Waals surface area contributed by atoms with Gasteiger partial charge in [-0.15, -0.1) is 0 Å². The molecule has 0 bridgehead atoms. The third-order valence-electron chi connectivity index (χ3n) is 3.40. The summed E-state index contributed by atoms with van der Waals surface area (Å²) in [5, 5.41) is 2.92. The highest BCUT2D eigenvalue weighted by atomic mass is 19.1. The Morgan fingerprint density at radius 2 is 2.00 bits per heavy atom. The smallest absolute Gasteiger partial charge is 0.317 e. The molecule has 2 rings (SSSR count). The quantitative estimate of drug-likeness (QED) is 0.921. The van der Waals surface area contributed by atoms with Crippen LogP contribution in [-0.4, -0.2) is 43.7 Å². The molecule has 5 heteroatoms. The molecular weight excluding hydrogens is 257 g/mol. The van der Waals surface area contributed by atoms with E-state index in [1.165, 1.54) is 12.1 Å². The van der Waals surface area contributed by atoms with Crippen molar-refractivity contribution in [2.24, 2.45) is 5.92 Å². The van der Waals surface area contributed by atoms with Crippen molar-refractivity contribution < 1.29 is 9.18 Å². The van der Waals surface area contributed by atoms with Crippen molar-refractivity contribution in [3.63, 3.8) is 0 Å². The van der Waals surface area contributed by atoms with Gasteiger partial charge in [-0.3, -0.25) is 0 Å². The minimum absolute atomic E-state index is 0.00223. The number of anilines is 1. The lowest BCUT2D eigenvalue weighted by Gasteiger charge is -2.36. The maximum atomic E-state index is 13.2. The van der Waals surface area contributed by atoms with Crippen LogP contribution in [0.1, 0.15) is 13.8 Å². The molecule has 0 spiro atoms. The Morgan fingerprint density at radius 1 is 1.30 bits per heavy atom. The molecule has 0 unspecified atom stereocenters. The Bertz CT molecular complexity index is 456. The van der Waals surface area contributed by atoms with Gasteiger partial charge in [-0.25, -0.2) is 9.18 Å². The Hall–Kier alpha value is -1.78. The maximum absolute atomic E-state index is 13.2. The predicted molar refractivity (Wildman–Crippen MR) is 78.4 cm³/mol. The zero-order chi connectivity index (χ0) is 14.5. The molecule has 1 aliphatic heterocycles. The maximum Gasteiger partial charge on any atom is 0.317 e. The molecule has 0 saturated carbocycles. The second-order valence-electron chi connectivity index (χ2n) is 5.53. The van der Waals surface area contributed by atoms with E-state index in [1.54, 1.807) is 6.07 Å². The summed E-state index contributed by atoms with van der Waals surface area (Å²) >= 11 is 0. The van der Waals surface area contributed by atoms with Crippen LogP contribution in [0.4, 0.5) is 14.9 Å². The van der Waals surface area contributed by atoms with E-state index in [-0.39, 0.29) is 11.8 Å². The standard InChI is InChI=1S/C15H22FN3O/c1-12(2)11-17-15(20)19-8-6-18(7-9-19)14-5-3-4-13(16)10-14/h3-5,10,12H,6-9,11H2,1-2H3,(H,17,20). The minimum Gasteiger partial charge on any atom is -0.368 e. The van der Waals surface area contributed by atoms with Crippen LogP contribution in [0, 0.1) is 11.7 Å². The fourth-order valence-electron chi connectivity index (χ4n) is 2.24. The number of hydrogen-bond donors (Lipinski definition) is 1. The molecule has 0 aromatic heterocycles. The molecule has 1 aromatic rings. The van der Waals surface area contributed by atoms with Crippen LogP contribution < -0.4 is 10.2 Å². The number of urea groups is 1. The van der Waals surface area contributed by atoms with Crippen LogP contribution in [0.2, 0.25) is 0 Å². The molecule has 110 valence electrons. The third-order valence-corrected chi connectivity index (χ3v) is 3.40. The van der Waals surface area contributed by atoms with Gasteiger partial charge in [0.1, 0.15) is 5.82 Å². The summed E-state index contributed by atoms with van der Waals surface area (Å²) in [5.41, 5.74) is 0.882. The number of halogens is 1. The molecule has 1 N–H and O–H groups in total. The molecule has 1 fully saturated rings. The molecule has 0 radical (unpaired) electrons. The molecule has 1 aromatic carbocycles. The fourth-order valence-corrected chi connectivity index (χ4v) is 2.24. The zero-order valence-electron chi connectivity index (χ0n) is 12.1. The van der Waals surface area contributed by atoms with E-state index in [0.29, 0.717) is 25.6 Å². The highest BCUT2D eigenvalue weighted by molar-refractivity contribution is 5.74. The third kappa shape index (κ3) is 3.85. The average Bonchev–Trinajstić information content (AvgIpc) is 2.45. The van der Waals surface area contributed by atoms with E-state index in [2.05, 4.69) is 24.1 Å². The second-order valence-corrected chi connectivity index (χ2v) is 5.53. The molecule has 2 amide bonds. The Morgan fingerprint density at radius 3 is 2.60 bits per heavy atom. The van der Waals surface area contributed by atoms with Gasteiger partial charge < -0.3 is 15.1 Å². The van der Waals surface area contributed by atoms with Gasteiger partial charge in [-0.05, 0) is 24.1 Å². The fraction of sp³-hybridized carbons (Fsp3) is 0.533. The Kier molecular flexibility index (Phi) is 4.82. The SMILES string of the molecule is CC(C)CNC(=O)N1CCN(c2cccc(F)c2)CC1. The van der Waals surface area contributed by atoms with Crippen LogP contribution in [-0.2, 0) is 0 Å². The average molecular weight is 279 g/mol. The van der Waals surface area contributed by atoms with Crippen molar-refractivity contribution in [3.05, 3.63) is 30.1 Å². The summed E-state index contributed by atoms with van der Waals surface area (Å²) in [4.78, 5) is 15.9. The van der Waals surface area contributed by atoms with E-state index in [9.17, 15) is 9.18 Å². The van der Waals surface area contributed by atoms with E-state index < -0.39 is 0 Å². The summed E-state index contributed by atoms with van der Waals surface area (Å²) in [7, 11) is 0. The van der Waals surface area contributed by atoms with Gasteiger partial charge in [0.05, 0.1) is 0 Å². The first-order valence-corrected chi connectivity index (χ1v) is 7.09. The molecule has 1 heterocycles. The van der Waals surface area contributed by atoms with Gasteiger partial charge in [0.25, 0.3) is 0 Å². The molecule has 0 aliphatic carbocycles. The van der Waals surface area contributed by atoms with E-state index >= 15 is 0 Å². The van der Waals surface area contributed by atoms with E-state index in [1.807, 2.05) is 11.0 Å². The first-order valence-electron chi connectivity index (χ1n) is 7.09. The van der Waals surface area contributed by atoms with Gasteiger partial charge in [0.2, 0.25) is 0 Å². The van der Waals surface area contributed by atoms with Crippen LogP contribution in [0.3, 0.4) is 0 Å². The van der Waals surface area contributed by atoms with E-state index in [4.69, 9.17) is 0 Å². The second kappa shape index (κ2) is 6.59. The van der Waals surface area contributed by atoms with Crippen molar-refractivity contribution >= 4 is 11.7 Å². The van der Waals surface area contributed by atoms with Gasteiger partial charge >= 0.3 is 6.03 Å². The van der Waals surface area contributed by atoms with Crippen LogP contribution in [0.15, 0.2) is 24.3 Å². The zero-order valence-corrected chi connectivity index (χ0v) is 12.1. The van der Waals surface area contributed by atoms with Gasteiger partial charge in [0.15, 0.2) is 0 Å². The van der Waals surface area contributed by atoms with Crippen molar-refractivity contribution in [3.8, 4) is 0 Å². The highest BCUT2D eigenvalue weighted by Gasteiger charge is 2.21. The first-order chi connectivity index (χ1) is 9.56. The summed E-state index contributed by atoms with van der Waals surface area (Å²) in [6.45, 7) is 7.64. The molecule has 4 nitrogen and oxygen atoms in total. The van der Waals surface area contributed by atoms with Crippen molar-refractivity contribution in [1.82, 2.24) is 10.2 Å². The van der Waals surface area contributed by atoms with Gasteiger partial charge in [0, 0.05) is 38.4 Å². The minimum atomic E-state index is -0.223. The summed E-state index contributed by atoms with van der Waals surface area (Å²) in [6.07, 6.45) is 0. The molecule has 20 heavy (non-hydrogen) atoms. The van der Waals surface area contributed by atoms with Gasteiger partial charge in [-0.1, -0.05) is 19.9 Å². The largest absolute Gasteiger partial charge is 0.368 e. The van der Waals surface area contributed by atoms with Gasteiger partial charge in [-0.2, -0.15) is 0 Å². The highest BCUT2D eigenvalue weighted by Crippen LogP contribution is 2.17. The summed E-state index contributed by atoms with van der Waals surface area (Å²) < 4.78 is 13.2. The molecule has 0 atom stereocenters. The number of nitrogens with zero attached hydrogens (tertiary/aromatic N) is 2. The Balaban J connectivity index is 1.84. The first kappa shape index (κ1) is 14.6. The molecular formula is C15H22FN3O. The number of nitrogens with one attached hydrogen (secondary N) is 1. The number of carbonyl (C=O) groups is 1. The Labute approximate surface area is 119 Å². The molecule has 1 aliphatic rings. The van der Waals surface area contributed by atoms with E-state index in [0.717, 1.165) is 18.8 Å². The summed E-state index contributed by atoms with van der Waals surface area (Å²) in [5.74, 6) is 0.229. The number of piperazine rings is 1. The lowest BCUT2D eigenvalue weighted by molar-refractivity contribution is 0.193. The lowest BCUT2D eigenvalue weighted by Crippen LogP contribution is -2.52.